The fourth-order valence-electron chi connectivity index (χ4n) is 3.24. The monoisotopic (exact) mass is 417 g/mol. The van der Waals surface area contributed by atoms with Crippen molar-refractivity contribution < 1.29 is 24.9 Å². The summed E-state index contributed by atoms with van der Waals surface area (Å²) < 4.78 is 7.42. The number of carboxylic acid groups (broad SMARTS) is 1. The Balaban J connectivity index is 1.43. The van der Waals surface area contributed by atoms with Gasteiger partial charge in [-0.15, -0.1) is 0 Å². The van der Waals surface area contributed by atoms with Gasteiger partial charge in [0.05, 0.1) is 18.0 Å². The molecule has 5 N–H and O–H groups in total. The van der Waals surface area contributed by atoms with E-state index in [4.69, 9.17) is 15.6 Å². The molecule has 152 valence electrons. The first kappa shape index (κ1) is 19.6. The van der Waals surface area contributed by atoms with Gasteiger partial charge >= 0.3 is 5.97 Å². The smallest absolute Gasteiger partial charge is 0.335 e. The van der Waals surface area contributed by atoms with Gasteiger partial charge in [0, 0.05) is 11.5 Å². The fraction of sp³-hybridized carbons (Fsp3) is 0.333. The Kier molecular flexibility index (Phi) is 5.37. The Bertz CT molecular complexity index is 1040. The van der Waals surface area contributed by atoms with Crippen LogP contribution in [0, 0.1) is 0 Å². The van der Waals surface area contributed by atoms with Crippen molar-refractivity contribution in [1.29, 1.82) is 0 Å². The summed E-state index contributed by atoms with van der Waals surface area (Å²) in [6.45, 7) is 0. The predicted molar refractivity (Wildman–Crippen MR) is 105 cm³/mol. The minimum absolute atomic E-state index is 0.220. The van der Waals surface area contributed by atoms with Crippen molar-refractivity contribution in [2.45, 2.75) is 30.3 Å². The summed E-state index contributed by atoms with van der Waals surface area (Å²) in [4.78, 5) is 23.2. The molecule has 1 saturated heterocycles. The third-order valence-corrected chi connectivity index (χ3v) is 5.82. The summed E-state index contributed by atoms with van der Waals surface area (Å²) in [7, 11) is 0. The summed E-state index contributed by atoms with van der Waals surface area (Å²) in [5.41, 5.74) is 7.67. The number of hydrogen-bond acceptors (Lipinski definition) is 9. The van der Waals surface area contributed by atoms with Gasteiger partial charge in [0.15, 0.2) is 17.7 Å². The van der Waals surface area contributed by atoms with Crippen molar-refractivity contribution in [2.75, 3.05) is 11.5 Å². The number of carboxylic acids is 1. The van der Waals surface area contributed by atoms with E-state index in [0.717, 1.165) is 5.56 Å². The molecule has 29 heavy (non-hydrogen) atoms. The van der Waals surface area contributed by atoms with Crippen molar-refractivity contribution in [3.63, 3.8) is 0 Å². The van der Waals surface area contributed by atoms with Crippen molar-refractivity contribution in [3.8, 4) is 0 Å². The van der Waals surface area contributed by atoms with Gasteiger partial charge in [-0.3, -0.25) is 4.57 Å². The lowest BCUT2D eigenvalue weighted by molar-refractivity contribution is -0.0289. The van der Waals surface area contributed by atoms with E-state index < -0.39 is 30.5 Å². The molecule has 0 bridgehead atoms. The Morgan fingerprint density at radius 3 is 2.86 bits per heavy atom. The number of aliphatic hydroxyl groups is 2. The molecular weight excluding hydrogens is 398 g/mol. The number of thioether (sulfide) groups is 1. The molecule has 11 heteroatoms. The summed E-state index contributed by atoms with van der Waals surface area (Å²) >= 11 is 1.48. The number of nitrogens with two attached hydrogens (primary N) is 1. The van der Waals surface area contributed by atoms with Gasteiger partial charge in [0.2, 0.25) is 0 Å². The predicted octanol–water partition coefficient (Wildman–Crippen LogP) is 0.659. The second kappa shape index (κ2) is 7.95. The topological polar surface area (TPSA) is 157 Å². The van der Waals surface area contributed by atoms with Crippen molar-refractivity contribution in [3.05, 3.63) is 48.0 Å². The highest BCUT2D eigenvalue weighted by molar-refractivity contribution is 7.98. The molecule has 0 saturated carbocycles. The zero-order valence-electron chi connectivity index (χ0n) is 15.1. The van der Waals surface area contributed by atoms with E-state index in [1.54, 1.807) is 12.1 Å². The number of rotatable bonds is 6. The maximum Gasteiger partial charge on any atom is 0.335 e. The highest BCUT2D eigenvalue weighted by Gasteiger charge is 2.44. The normalized spacial score (nSPS) is 24.2. The van der Waals surface area contributed by atoms with Crippen LogP contribution in [-0.2, 0) is 10.5 Å². The zero-order chi connectivity index (χ0) is 20.5. The number of fused-ring (bicyclic) bond motifs is 1. The second-order valence-electron chi connectivity index (χ2n) is 6.65. The largest absolute Gasteiger partial charge is 0.478 e. The Morgan fingerprint density at radius 2 is 2.07 bits per heavy atom. The van der Waals surface area contributed by atoms with Crippen LogP contribution in [0.1, 0.15) is 22.1 Å². The number of anilines is 1. The first-order valence-electron chi connectivity index (χ1n) is 8.80. The molecule has 1 aliphatic rings. The average Bonchev–Trinajstić information content (AvgIpc) is 3.25. The van der Waals surface area contributed by atoms with E-state index >= 15 is 0 Å². The zero-order valence-corrected chi connectivity index (χ0v) is 15.9. The number of imidazole rings is 1. The van der Waals surface area contributed by atoms with Crippen LogP contribution in [-0.4, -0.2) is 64.9 Å². The molecule has 2 aromatic heterocycles. The van der Waals surface area contributed by atoms with Gasteiger partial charge in [-0.05, 0) is 17.7 Å². The van der Waals surface area contributed by atoms with Crippen molar-refractivity contribution in [1.82, 2.24) is 19.5 Å². The summed E-state index contributed by atoms with van der Waals surface area (Å²) in [5.74, 6) is 0.203. The van der Waals surface area contributed by atoms with Gasteiger partial charge in [-0.1, -0.05) is 12.1 Å². The molecule has 0 radical (unpaired) electrons. The second-order valence-corrected chi connectivity index (χ2v) is 7.68. The van der Waals surface area contributed by atoms with Crippen LogP contribution in [0.15, 0.2) is 36.9 Å². The molecule has 3 aromatic rings. The molecular formula is C18H19N5O5S. The number of aromatic carboxylic acids is 1. The maximum atomic E-state index is 11.1. The molecule has 4 atom stereocenters. The van der Waals surface area contributed by atoms with Crippen LogP contribution in [0.25, 0.3) is 11.2 Å². The van der Waals surface area contributed by atoms with Crippen LogP contribution < -0.4 is 5.73 Å². The highest BCUT2D eigenvalue weighted by Crippen LogP contribution is 2.33. The molecule has 1 fully saturated rings. The standard InChI is InChI=1S/C18H19N5O5S/c19-15-12-16(21-7-20-15)23(8-22-12)17-14(25)13(24)11(28-17)6-29-5-9-2-1-3-10(4-9)18(26)27/h1-4,7-8,11,13-14,17,24-25H,5-6H2,(H,26,27)(H2,19,20,21)/t11-,13-,14-,17-/m1/s1. The molecule has 0 amide bonds. The number of aliphatic hydroxyl groups excluding tert-OH is 2. The van der Waals surface area contributed by atoms with Crippen LogP contribution in [0.4, 0.5) is 5.82 Å². The summed E-state index contributed by atoms with van der Waals surface area (Å²) in [6, 6.07) is 6.68. The molecule has 0 spiro atoms. The van der Waals surface area contributed by atoms with Crippen LogP contribution in [0.3, 0.4) is 0 Å². The molecule has 1 aromatic carbocycles. The minimum Gasteiger partial charge on any atom is -0.478 e. The number of benzene rings is 1. The van der Waals surface area contributed by atoms with E-state index in [1.165, 1.54) is 35.0 Å². The Hall–Kier alpha value is -2.73. The maximum absolute atomic E-state index is 11.1. The van der Waals surface area contributed by atoms with E-state index in [-0.39, 0.29) is 11.4 Å². The minimum atomic E-state index is -1.16. The average molecular weight is 417 g/mol. The molecule has 10 nitrogen and oxygen atoms in total. The van der Waals surface area contributed by atoms with Crippen LogP contribution >= 0.6 is 11.8 Å². The molecule has 0 unspecified atom stereocenters. The van der Waals surface area contributed by atoms with Gasteiger partial charge in [-0.25, -0.2) is 19.7 Å². The van der Waals surface area contributed by atoms with E-state index in [0.29, 0.717) is 22.7 Å². The van der Waals surface area contributed by atoms with Crippen LogP contribution in [0.5, 0.6) is 0 Å². The van der Waals surface area contributed by atoms with E-state index in [1.807, 2.05) is 6.07 Å². The lowest BCUT2D eigenvalue weighted by Gasteiger charge is -2.16. The summed E-state index contributed by atoms with van der Waals surface area (Å²) in [5, 5.41) is 30.0. The third-order valence-electron chi connectivity index (χ3n) is 4.72. The third kappa shape index (κ3) is 3.77. The SMILES string of the molecule is Nc1ncnc2c1ncn2[C@@H]1O[C@H](CSCc2cccc(C(=O)O)c2)[C@@H](O)[C@H]1O. The van der Waals surface area contributed by atoms with Crippen LogP contribution in [0.2, 0.25) is 0 Å². The van der Waals surface area contributed by atoms with E-state index in [9.17, 15) is 15.0 Å². The quantitative estimate of drug-likeness (QED) is 0.449. The number of aromatic nitrogens is 4. The molecule has 1 aliphatic heterocycles. The number of hydrogen-bond donors (Lipinski definition) is 4. The lowest BCUT2D eigenvalue weighted by atomic mass is 10.1. The lowest BCUT2D eigenvalue weighted by Crippen LogP contribution is -2.32. The first-order chi connectivity index (χ1) is 14.0. The van der Waals surface area contributed by atoms with Gasteiger partial charge < -0.3 is 25.8 Å². The molecule has 3 heterocycles. The molecule has 0 aliphatic carbocycles. The van der Waals surface area contributed by atoms with E-state index in [2.05, 4.69) is 15.0 Å². The number of carbonyl (C=O) groups is 1. The number of nitrogens with zero attached hydrogens (tertiary/aromatic N) is 4. The Morgan fingerprint density at radius 1 is 1.24 bits per heavy atom. The highest BCUT2D eigenvalue weighted by atomic mass is 32.2. The van der Waals surface area contributed by atoms with Gasteiger partial charge in [0.1, 0.15) is 24.1 Å². The number of nitrogen functional groups attached to an aromatic ring is 1. The van der Waals surface area contributed by atoms with Crippen molar-refractivity contribution in [2.24, 2.45) is 0 Å². The Labute approximate surface area is 169 Å². The van der Waals surface area contributed by atoms with Crippen molar-refractivity contribution >= 4 is 34.7 Å². The summed E-state index contributed by atoms with van der Waals surface area (Å²) in [6.07, 6.45) is -0.973. The fourth-order valence-corrected chi connectivity index (χ4v) is 4.28. The van der Waals surface area contributed by atoms with Gasteiger partial charge in [0.25, 0.3) is 0 Å². The van der Waals surface area contributed by atoms with Gasteiger partial charge in [-0.2, -0.15) is 11.8 Å². The number of ether oxygens (including phenoxy) is 1. The first-order valence-corrected chi connectivity index (χ1v) is 9.95. The molecule has 4 rings (SSSR count).